The van der Waals surface area contributed by atoms with Crippen molar-refractivity contribution in [2.75, 3.05) is 39.6 Å². The van der Waals surface area contributed by atoms with Gasteiger partial charge in [0, 0.05) is 12.6 Å². The Balaban J connectivity index is 3.04. The number of carbonyl (C=O) groups is 1. The lowest BCUT2D eigenvalue weighted by atomic mass is 10.3. The molecule has 118 valence electrons. The second-order valence-corrected chi connectivity index (χ2v) is 6.64. The minimum absolute atomic E-state index is 0.00464. The third kappa shape index (κ3) is 5.33. The predicted molar refractivity (Wildman–Crippen MR) is 80.2 cm³/mol. The van der Waals surface area contributed by atoms with E-state index in [9.17, 15) is 13.2 Å². The lowest BCUT2D eigenvalue weighted by Crippen LogP contribution is -3.06. The summed E-state index contributed by atoms with van der Waals surface area (Å²) < 4.78 is 32.2. The van der Waals surface area contributed by atoms with Crippen molar-refractivity contribution < 1.29 is 22.8 Å². The average Bonchev–Trinajstić information content (AvgIpc) is 2.37. The summed E-state index contributed by atoms with van der Waals surface area (Å²) in [6.07, 6.45) is 0. The molecule has 0 fully saturated rings. The number of anilines is 1. The van der Waals surface area contributed by atoms with Crippen LogP contribution in [0.2, 0.25) is 0 Å². The van der Waals surface area contributed by atoms with Crippen LogP contribution >= 0.6 is 0 Å². The van der Waals surface area contributed by atoms with Crippen LogP contribution in [0.15, 0.2) is 23.1 Å². The molecule has 0 heterocycles. The second-order valence-electron chi connectivity index (χ2n) is 4.90. The van der Waals surface area contributed by atoms with E-state index in [-0.39, 0.29) is 16.6 Å². The van der Waals surface area contributed by atoms with Gasteiger partial charge >= 0.3 is 0 Å². The molecule has 7 nitrogen and oxygen atoms in total. The minimum atomic E-state index is -3.70. The first-order valence-electron chi connectivity index (χ1n) is 6.50. The number of rotatable bonds is 7. The van der Waals surface area contributed by atoms with E-state index in [1.807, 2.05) is 14.1 Å². The van der Waals surface area contributed by atoms with Gasteiger partial charge in [-0.2, -0.15) is 0 Å². The standard InChI is InChI=1S/C13H21N3O4S/c1-10(17)15-11-5-6-12(20-4)13(9-11)21(18,19)14-7-8-16(2)3/h5-6,9,14H,7-8H2,1-4H3,(H,15,17)/p+1. The van der Waals surface area contributed by atoms with Gasteiger partial charge in [0.2, 0.25) is 15.9 Å². The van der Waals surface area contributed by atoms with E-state index in [1.54, 1.807) is 6.07 Å². The van der Waals surface area contributed by atoms with Gasteiger partial charge in [0.1, 0.15) is 10.6 Å². The normalized spacial score (nSPS) is 11.5. The number of sulfonamides is 1. The Hall–Kier alpha value is -1.64. The Morgan fingerprint density at radius 3 is 2.52 bits per heavy atom. The average molecular weight is 316 g/mol. The van der Waals surface area contributed by atoms with Crippen LogP contribution in [0.4, 0.5) is 5.69 Å². The summed E-state index contributed by atoms with van der Waals surface area (Å²) >= 11 is 0. The number of carbonyl (C=O) groups excluding carboxylic acids is 1. The Labute approximate surface area is 125 Å². The molecule has 1 amide bonds. The molecule has 0 saturated heterocycles. The molecular formula is C13H22N3O4S+. The van der Waals surface area contributed by atoms with Crippen LogP contribution < -0.4 is 19.7 Å². The van der Waals surface area contributed by atoms with Crippen LogP contribution in [0.5, 0.6) is 5.75 Å². The number of hydrogen-bond donors (Lipinski definition) is 3. The Bertz CT molecular complexity index is 599. The Morgan fingerprint density at radius 2 is 2.00 bits per heavy atom. The van der Waals surface area contributed by atoms with Gasteiger partial charge in [0.05, 0.1) is 34.3 Å². The quantitative estimate of drug-likeness (QED) is 0.607. The third-order valence-electron chi connectivity index (χ3n) is 2.69. The summed E-state index contributed by atoms with van der Waals surface area (Å²) in [6, 6.07) is 4.48. The highest BCUT2D eigenvalue weighted by molar-refractivity contribution is 7.89. The summed E-state index contributed by atoms with van der Waals surface area (Å²) in [5, 5.41) is 2.55. The fraction of sp³-hybridized carbons (Fsp3) is 0.462. The largest absolute Gasteiger partial charge is 0.495 e. The van der Waals surface area contributed by atoms with Crippen molar-refractivity contribution in [3.05, 3.63) is 18.2 Å². The first-order valence-corrected chi connectivity index (χ1v) is 7.99. The van der Waals surface area contributed by atoms with E-state index < -0.39 is 10.0 Å². The van der Waals surface area contributed by atoms with E-state index >= 15 is 0 Å². The topological polar surface area (TPSA) is 88.9 Å². The zero-order chi connectivity index (χ0) is 16.0. The Morgan fingerprint density at radius 1 is 1.33 bits per heavy atom. The predicted octanol–water partition coefficient (Wildman–Crippen LogP) is -0.924. The van der Waals surface area contributed by atoms with Crippen molar-refractivity contribution >= 4 is 21.6 Å². The zero-order valence-electron chi connectivity index (χ0n) is 12.7. The van der Waals surface area contributed by atoms with E-state index in [1.165, 1.54) is 26.2 Å². The summed E-state index contributed by atoms with van der Waals surface area (Å²) in [7, 11) is 1.58. The molecule has 0 aliphatic rings. The van der Waals surface area contributed by atoms with Gasteiger partial charge in [-0.25, -0.2) is 13.1 Å². The molecule has 0 aromatic heterocycles. The highest BCUT2D eigenvalue weighted by Crippen LogP contribution is 2.26. The molecular weight excluding hydrogens is 294 g/mol. The molecule has 3 N–H and O–H groups in total. The summed E-state index contributed by atoms with van der Waals surface area (Å²) in [6.45, 7) is 2.33. The van der Waals surface area contributed by atoms with Crippen molar-refractivity contribution in [2.24, 2.45) is 0 Å². The lowest BCUT2D eigenvalue weighted by Gasteiger charge is -2.13. The molecule has 0 radical (unpaired) electrons. The molecule has 0 aliphatic carbocycles. The molecule has 0 aliphatic heterocycles. The Kier molecular flexibility index (Phi) is 6.13. The van der Waals surface area contributed by atoms with Gasteiger partial charge in [-0.1, -0.05) is 0 Å². The van der Waals surface area contributed by atoms with Crippen LogP contribution in [0.3, 0.4) is 0 Å². The van der Waals surface area contributed by atoms with Gasteiger partial charge in [-0.15, -0.1) is 0 Å². The molecule has 1 rings (SSSR count). The molecule has 0 bridgehead atoms. The van der Waals surface area contributed by atoms with Crippen molar-refractivity contribution in [2.45, 2.75) is 11.8 Å². The number of amides is 1. The van der Waals surface area contributed by atoms with Crippen LogP contribution in [0.1, 0.15) is 6.92 Å². The van der Waals surface area contributed by atoms with E-state index in [4.69, 9.17) is 4.74 Å². The van der Waals surface area contributed by atoms with Crippen LogP contribution in [0.25, 0.3) is 0 Å². The first kappa shape index (κ1) is 17.4. The smallest absolute Gasteiger partial charge is 0.244 e. The maximum absolute atomic E-state index is 12.3. The summed E-state index contributed by atoms with van der Waals surface area (Å²) in [4.78, 5) is 12.2. The fourth-order valence-electron chi connectivity index (χ4n) is 1.68. The first-order chi connectivity index (χ1) is 9.76. The van der Waals surface area contributed by atoms with Crippen molar-refractivity contribution in [1.29, 1.82) is 0 Å². The van der Waals surface area contributed by atoms with Crippen molar-refractivity contribution in [3.8, 4) is 5.75 Å². The molecule has 0 spiro atoms. The monoisotopic (exact) mass is 316 g/mol. The molecule has 0 atom stereocenters. The second kappa shape index (κ2) is 7.39. The fourth-order valence-corrected chi connectivity index (χ4v) is 2.91. The zero-order valence-corrected chi connectivity index (χ0v) is 13.5. The van der Waals surface area contributed by atoms with E-state index in [2.05, 4.69) is 10.0 Å². The molecule has 21 heavy (non-hydrogen) atoms. The van der Waals surface area contributed by atoms with E-state index in [0.717, 1.165) is 4.90 Å². The van der Waals surface area contributed by atoms with Gasteiger partial charge in [0.15, 0.2) is 0 Å². The lowest BCUT2D eigenvalue weighted by molar-refractivity contribution is -0.856. The molecule has 0 unspecified atom stereocenters. The molecule has 0 saturated carbocycles. The maximum Gasteiger partial charge on any atom is 0.244 e. The number of likely N-dealkylation sites (N-methyl/N-ethyl adjacent to an activating group) is 1. The van der Waals surface area contributed by atoms with E-state index in [0.29, 0.717) is 18.8 Å². The summed E-state index contributed by atoms with van der Waals surface area (Å²) in [5.41, 5.74) is 0.405. The van der Waals surface area contributed by atoms with Crippen molar-refractivity contribution in [3.63, 3.8) is 0 Å². The molecule has 8 heteroatoms. The number of methoxy groups -OCH3 is 1. The highest BCUT2D eigenvalue weighted by Gasteiger charge is 2.20. The van der Waals surface area contributed by atoms with Gasteiger partial charge < -0.3 is 15.0 Å². The number of nitrogens with one attached hydrogen (secondary N) is 3. The van der Waals surface area contributed by atoms with Gasteiger partial charge in [-0.05, 0) is 18.2 Å². The number of ether oxygens (including phenoxy) is 1. The van der Waals surface area contributed by atoms with Crippen molar-refractivity contribution in [1.82, 2.24) is 4.72 Å². The van der Waals surface area contributed by atoms with Gasteiger partial charge in [-0.3, -0.25) is 4.79 Å². The maximum atomic E-state index is 12.3. The number of benzene rings is 1. The van der Waals surface area contributed by atoms with Gasteiger partial charge in [0.25, 0.3) is 0 Å². The minimum Gasteiger partial charge on any atom is -0.495 e. The van der Waals surface area contributed by atoms with Crippen LogP contribution in [-0.2, 0) is 14.8 Å². The number of hydrogen-bond acceptors (Lipinski definition) is 4. The molecule has 1 aromatic rings. The summed E-state index contributed by atoms with van der Waals surface area (Å²) in [5.74, 6) is -0.0403. The van der Waals surface area contributed by atoms with Crippen LogP contribution in [0, 0.1) is 0 Å². The SMILES string of the molecule is COc1ccc(NC(C)=O)cc1S(=O)(=O)NCC[NH+](C)C. The number of quaternary nitrogens is 1. The van der Waals surface area contributed by atoms with Crippen LogP contribution in [-0.4, -0.2) is 48.6 Å². The molecule has 1 aromatic carbocycles. The highest BCUT2D eigenvalue weighted by atomic mass is 32.2. The third-order valence-corrected chi connectivity index (χ3v) is 4.17.